The Morgan fingerprint density at radius 1 is 0.938 bits per heavy atom. The predicted molar refractivity (Wildman–Crippen MR) is 69.5 cm³/mol. The molecule has 1 N–H and O–H groups in total. The molecule has 0 unspecified atom stereocenters. The highest BCUT2D eigenvalue weighted by Crippen LogP contribution is 2.31. The predicted octanol–water partition coefficient (Wildman–Crippen LogP) is 4.04. The van der Waals surface area contributed by atoms with Crippen molar-refractivity contribution in [3.8, 4) is 0 Å². The lowest BCUT2D eigenvalue weighted by atomic mass is 9.85. The molecule has 0 aliphatic heterocycles. The maximum absolute atomic E-state index is 10.6. The first kappa shape index (κ1) is 13.2. The Balaban J connectivity index is 2.91. The summed E-state index contributed by atoms with van der Waals surface area (Å²) in [5.41, 5.74) is 1.79. The summed E-state index contributed by atoms with van der Waals surface area (Å²) in [7, 11) is 0. The summed E-state index contributed by atoms with van der Waals surface area (Å²) < 4.78 is 0. The fourth-order valence-electron chi connectivity index (χ4n) is 2.29. The zero-order chi connectivity index (χ0) is 12.0. The van der Waals surface area contributed by atoms with E-state index in [0.29, 0.717) is 0 Å². The Kier molecular flexibility index (Phi) is 5.01. The number of hydrogen-bond acceptors (Lipinski definition) is 1. The first-order valence-corrected chi connectivity index (χ1v) is 6.48. The zero-order valence-corrected chi connectivity index (χ0v) is 10.8. The summed E-state index contributed by atoms with van der Waals surface area (Å²) in [6.45, 7) is 6.40. The smallest absolute Gasteiger partial charge is 0.0896 e. The minimum Gasteiger partial charge on any atom is -0.385 e. The second-order valence-corrected chi connectivity index (χ2v) is 4.58. The van der Waals surface area contributed by atoms with E-state index in [1.165, 1.54) is 5.56 Å². The van der Waals surface area contributed by atoms with Crippen LogP contribution in [0.15, 0.2) is 24.3 Å². The molecule has 0 spiro atoms. The molecule has 0 amide bonds. The quantitative estimate of drug-likeness (QED) is 0.767. The summed E-state index contributed by atoms with van der Waals surface area (Å²) in [6, 6.07) is 8.44. The summed E-state index contributed by atoms with van der Waals surface area (Å²) >= 11 is 0. The number of hydrogen-bond donors (Lipinski definition) is 1. The Morgan fingerprint density at radius 3 is 1.81 bits per heavy atom. The van der Waals surface area contributed by atoms with Crippen LogP contribution in [-0.4, -0.2) is 5.11 Å². The van der Waals surface area contributed by atoms with Gasteiger partial charge in [0.1, 0.15) is 0 Å². The van der Waals surface area contributed by atoms with E-state index in [2.05, 4.69) is 45.0 Å². The fourth-order valence-corrected chi connectivity index (χ4v) is 2.29. The molecule has 0 aliphatic carbocycles. The van der Waals surface area contributed by atoms with Crippen LogP contribution < -0.4 is 0 Å². The van der Waals surface area contributed by atoms with Crippen molar-refractivity contribution in [3.63, 3.8) is 0 Å². The molecule has 16 heavy (non-hydrogen) atoms. The molecule has 1 rings (SSSR count). The number of benzene rings is 1. The lowest BCUT2D eigenvalue weighted by molar-refractivity contribution is 0.0170. The van der Waals surface area contributed by atoms with E-state index in [-0.39, 0.29) is 0 Å². The molecule has 1 nitrogen and oxygen atoms in total. The summed E-state index contributed by atoms with van der Waals surface area (Å²) in [6.07, 6.45) is 4.80. The van der Waals surface area contributed by atoms with Crippen molar-refractivity contribution in [2.24, 2.45) is 0 Å². The molecule has 0 fully saturated rings. The molecule has 0 radical (unpaired) electrons. The van der Waals surface area contributed by atoms with Crippen molar-refractivity contribution in [1.82, 2.24) is 0 Å². The number of rotatable bonds is 6. The average molecular weight is 220 g/mol. The SMILES string of the molecule is CCCC(O)(CCC)c1ccc(CC)cc1. The van der Waals surface area contributed by atoms with Gasteiger partial charge < -0.3 is 5.11 Å². The molecule has 90 valence electrons. The lowest BCUT2D eigenvalue weighted by Gasteiger charge is -2.28. The van der Waals surface area contributed by atoms with E-state index < -0.39 is 5.60 Å². The van der Waals surface area contributed by atoms with E-state index in [1.54, 1.807) is 0 Å². The molecule has 0 aliphatic rings. The third-order valence-corrected chi connectivity index (χ3v) is 3.23. The zero-order valence-electron chi connectivity index (χ0n) is 10.8. The molecular formula is C15H24O. The van der Waals surface area contributed by atoms with Gasteiger partial charge in [0.2, 0.25) is 0 Å². The fraction of sp³-hybridized carbons (Fsp3) is 0.600. The van der Waals surface area contributed by atoms with Gasteiger partial charge in [-0.1, -0.05) is 57.9 Å². The van der Waals surface area contributed by atoms with Crippen LogP contribution in [0.4, 0.5) is 0 Å². The Hall–Kier alpha value is -0.820. The van der Waals surface area contributed by atoms with Crippen LogP contribution in [0.1, 0.15) is 57.6 Å². The normalized spacial score (nSPS) is 11.8. The third-order valence-electron chi connectivity index (χ3n) is 3.23. The van der Waals surface area contributed by atoms with E-state index in [1.807, 2.05) is 0 Å². The third kappa shape index (κ3) is 3.08. The van der Waals surface area contributed by atoms with Gasteiger partial charge in [-0.05, 0) is 30.4 Å². The van der Waals surface area contributed by atoms with Crippen molar-refractivity contribution in [2.45, 2.75) is 58.5 Å². The van der Waals surface area contributed by atoms with Crippen molar-refractivity contribution >= 4 is 0 Å². The maximum Gasteiger partial charge on any atom is 0.0896 e. The van der Waals surface area contributed by atoms with Crippen LogP contribution in [0.3, 0.4) is 0 Å². The molecule has 0 atom stereocenters. The first-order valence-electron chi connectivity index (χ1n) is 6.48. The Morgan fingerprint density at radius 2 is 1.44 bits per heavy atom. The minimum atomic E-state index is -0.615. The average Bonchev–Trinajstić information content (AvgIpc) is 2.30. The van der Waals surface area contributed by atoms with Gasteiger partial charge in [-0.15, -0.1) is 0 Å². The largest absolute Gasteiger partial charge is 0.385 e. The molecule has 1 aromatic rings. The van der Waals surface area contributed by atoms with E-state index in [0.717, 1.165) is 37.7 Å². The molecule has 1 aromatic carbocycles. The standard InChI is InChI=1S/C15H24O/c1-4-11-15(16,12-5-2)14-9-7-13(6-3)8-10-14/h7-10,16H,4-6,11-12H2,1-3H3. The van der Waals surface area contributed by atoms with Gasteiger partial charge in [0.15, 0.2) is 0 Å². The monoisotopic (exact) mass is 220 g/mol. The van der Waals surface area contributed by atoms with Gasteiger partial charge >= 0.3 is 0 Å². The second kappa shape index (κ2) is 6.05. The van der Waals surface area contributed by atoms with Crippen LogP contribution in [0.2, 0.25) is 0 Å². The number of aliphatic hydroxyl groups is 1. The highest BCUT2D eigenvalue weighted by atomic mass is 16.3. The Bertz CT molecular complexity index is 294. The molecule has 0 heterocycles. The molecule has 0 saturated heterocycles. The van der Waals surface area contributed by atoms with E-state index >= 15 is 0 Å². The number of aryl methyl sites for hydroxylation is 1. The summed E-state index contributed by atoms with van der Waals surface area (Å²) in [5.74, 6) is 0. The molecule has 0 saturated carbocycles. The van der Waals surface area contributed by atoms with Crippen LogP contribution in [-0.2, 0) is 12.0 Å². The molecule has 1 heteroatoms. The maximum atomic E-state index is 10.6. The van der Waals surface area contributed by atoms with Crippen molar-refractivity contribution in [1.29, 1.82) is 0 Å². The van der Waals surface area contributed by atoms with E-state index in [9.17, 15) is 5.11 Å². The van der Waals surface area contributed by atoms with E-state index in [4.69, 9.17) is 0 Å². The van der Waals surface area contributed by atoms with Gasteiger partial charge in [0.25, 0.3) is 0 Å². The topological polar surface area (TPSA) is 20.2 Å². The van der Waals surface area contributed by atoms with Crippen molar-refractivity contribution < 1.29 is 5.11 Å². The van der Waals surface area contributed by atoms with Crippen LogP contribution in [0.5, 0.6) is 0 Å². The first-order chi connectivity index (χ1) is 7.66. The van der Waals surface area contributed by atoms with Gasteiger partial charge in [0, 0.05) is 0 Å². The van der Waals surface area contributed by atoms with Crippen LogP contribution in [0, 0.1) is 0 Å². The second-order valence-electron chi connectivity index (χ2n) is 4.58. The van der Waals surface area contributed by atoms with Gasteiger partial charge in [0.05, 0.1) is 5.60 Å². The molecule has 0 aromatic heterocycles. The highest BCUT2D eigenvalue weighted by Gasteiger charge is 2.26. The van der Waals surface area contributed by atoms with Gasteiger partial charge in [-0.25, -0.2) is 0 Å². The van der Waals surface area contributed by atoms with Crippen molar-refractivity contribution in [2.75, 3.05) is 0 Å². The van der Waals surface area contributed by atoms with Gasteiger partial charge in [-0.3, -0.25) is 0 Å². The van der Waals surface area contributed by atoms with Crippen molar-refractivity contribution in [3.05, 3.63) is 35.4 Å². The minimum absolute atomic E-state index is 0.615. The summed E-state index contributed by atoms with van der Waals surface area (Å²) in [5, 5.41) is 10.6. The summed E-state index contributed by atoms with van der Waals surface area (Å²) in [4.78, 5) is 0. The molecule has 0 bridgehead atoms. The van der Waals surface area contributed by atoms with Gasteiger partial charge in [-0.2, -0.15) is 0 Å². The highest BCUT2D eigenvalue weighted by molar-refractivity contribution is 5.27. The lowest BCUT2D eigenvalue weighted by Crippen LogP contribution is -2.25. The molecular weight excluding hydrogens is 196 g/mol. The Labute approximate surface area is 99.5 Å². The van der Waals surface area contributed by atoms with Crippen LogP contribution >= 0.6 is 0 Å². The van der Waals surface area contributed by atoms with Crippen LogP contribution in [0.25, 0.3) is 0 Å².